The Bertz CT molecular complexity index is 4610. The van der Waals surface area contributed by atoms with Crippen molar-refractivity contribution in [2.45, 2.75) is 57.8 Å². The quantitative estimate of drug-likeness (QED) is 0.147. The van der Waals surface area contributed by atoms with Gasteiger partial charge in [-0.2, -0.15) is 0 Å². The molecule has 12 aromatic carbocycles. The van der Waals surface area contributed by atoms with Crippen LogP contribution in [0.1, 0.15) is 74.9 Å². The second-order valence-corrected chi connectivity index (χ2v) is 24.8. The van der Waals surface area contributed by atoms with Crippen LogP contribution in [0.3, 0.4) is 0 Å². The lowest BCUT2D eigenvalue weighted by Gasteiger charge is -2.34. The van der Waals surface area contributed by atoms with Gasteiger partial charge >= 0.3 is 0 Å². The lowest BCUT2D eigenvalue weighted by atomic mass is 9.69. The van der Waals surface area contributed by atoms with Crippen LogP contribution >= 0.6 is 0 Å². The summed E-state index contributed by atoms with van der Waals surface area (Å²) in [4.78, 5) is 2.57. The third-order valence-electron chi connectivity index (χ3n) is 18.0. The van der Waals surface area contributed by atoms with E-state index in [4.69, 9.17) is 0 Å². The van der Waals surface area contributed by atoms with Gasteiger partial charge in [-0.1, -0.05) is 272 Å². The van der Waals surface area contributed by atoms with E-state index >= 15 is 0 Å². The van der Waals surface area contributed by atoms with Crippen molar-refractivity contribution in [3.63, 3.8) is 0 Å². The van der Waals surface area contributed by atoms with Gasteiger partial charge in [0, 0.05) is 33.3 Å². The van der Waals surface area contributed by atoms with Crippen molar-refractivity contribution in [1.82, 2.24) is 4.57 Å². The maximum Gasteiger partial charge on any atom is 0.0726 e. The van der Waals surface area contributed by atoms with Crippen LogP contribution in [0.5, 0.6) is 0 Å². The number of hydrogen-bond acceptors (Lipinski definition) is 1. The summed E-state index contributed by atoms with van der Waals surface area (Å²) >= 11 is 0. The molecule has 0 unspecified atom stereocenters. The first kappa shape index (κ1) is 50.2. The molecule has 2 nitrogen and oxygen atoms in total. The fourth-order valence-corrected chi connectivity index (χ4v) is 14.1. The van der Waals surface area contributed by atoms with Crippen LogP contribution < -0.4 is 4.90 Å². The van der Waals surface area contributed by atoms with Crippen molar-refractivity contribution in [2.24, 2.45) is 0 Å². The number of para-hydroxylation sites is 3. The summed E-state index contributed by atoms with van der Waals surface area (Å²) in [5.41, 5.74) is 28.8. The zero-order valence-electron chi connectivity index (χ0n) is 48.0. The largest absolute Gasteiger partial charge is 0.309 e. The van der Waals surface area contributed by atoms with E-state index in [1.165, 1.54) is 111 Å². The number of nitrogens with zero attached hydrogens (tertiary/aromatic N) is 2. The van der Waals surface area contributed by atoms with E-state index in [0.29, 0.717) is 0 Å². The lowest BCUT2D eigenvalue weighted by molar-refractivity contribution is 0.586. The highest BCUT2D eigenvalue weighted by molar-refractivity contribution is 6.16. The zero-order valence-corrected chi connectivity index (χ0v) is 48.0. The summed E-state index contributed by atoms with van der Waals surface area (Å²) in [5.74, 6) is 0. The van der Waals surface area contributed by atoms with Crippen LogP contribution in [0, 0.1) is 0 Å². The molecule has 15 rings (SSSR count). The molecule has 0 aliphatic heterocycles. The number of fused-ring (bicyclic) bond motifs is 13. The van der Waals surface area contributed by atoms with Crippen LogP contribution in [0.2, 0.25) is 0 Å². The van der Waals surface area contributed by atoms with Crippen LogP contribution in [-0.4, -0.2) is 4.57 Å². The van der Waals surface area contributed by atoms with Crippen molar-refractivity contribution in [3.05, 3.63) is 312 Å². The van der Waals surface area contributed by atoms with E-state index < -0.39 is 5.41 Å². The SMILES string of the molecule is CC(C)(C)c1ccc2c(c1)C1(c3cc(C(C)(C)C)ccc3-2)c2ccccc2-c2c(N(c3ccc(-c4cccc5c4c4ccccc4n5-c4ccccc4)cc3)c3ccccc3-c3ccccc3-c3ccccc3-c3ccccc3)cccc21. The van der Waals surface area contributed by atoms with Crippen molar-refractivity contribution in [1.29, 1.82) is 0 Å². The van der Waals surface area contributed by atoms with Gasteiger partial charge in [0.1, 0.15) is 0 Å². The highest BCUT2D eigenvalue weighted by Crippen LogP contribution is 2.66. The molecule has 0 N–H and O–H groups in total. The lowest BCUT2D eigenvalue weighted by Crippen LogP contribution is -2.27. The van der Waals surface area contributed by atoms with Crippen LogP contribution in [-0.2, 0) is 16.2 Å². The van der Waals surface area contributed by atoms with E-state index in [0.717, 1.165) is 33.9 Å². The van der Waals surface area contributed by atoms with Crippen molar-refractivity contribution >= 4 is 38.9 Å². The highest BCUT2D eigenvalue weighted by atomic mass is 15.1. The number of aromatic nitrogens is 1. The average Bonchev–Trinajstić information content (AvgIpc) is 1.72. The number of anilines is 3. The third kappa shape index (κ3) is 7.84. The molecule has 83 heavy (non-hydrogen) atoms. The Labute approximate surface area is 488 Å². The molecule has 0 amide bonds. The topological polar surface area (TPSA) is 8.17 Å². The molecule has 1 heterocycles. The van der Waals surface area contributed by atoms with E-state index in [1.807, 2.05) is 0 Å². The molecule has 0 radical (unpaired) electrons. The van der Waals surface area contributed by atoms with Gasteiger partial charge < -0.3 is 9.47 Å². The van der Waals surface area contributed by atoms with Crippen LogP contribution in [0.25, 0.3) is 94.3 Å². The summed E-state index contributed by atoms with van der Waals surface area (Å²) in [6.07, 6.45) is 0. The van der Waals surface area contributed by atoms with Gasteiger partial charge in [-0.3, -0.25) is 0 Å². The Kier molecular flexibility index (Phi) is 11.6. The molecular formula is C81H64N2. The van der Waals surface area contributed by atoms with E-state index in [1.54, 1.807) is 0 Å². The molecule has 1 aromatic heterocycles. The summed E-state index contributed by atoms with van der Waals surface area (Å²) in [7, 11) is 0. The predicted molar refractivity (Wildman–Crippen MR) is 351 cm³/mol. The minimum Gasteiger partial charge on any atom is -0.309 e. The second kappa shape index (κ2) is 19.2. The second-order valence-electron chi connectivity index (χ2n) is 24.8. The minimum atomic E-state index is -0.574. The molecule has 0 bridgehead atoms. The first-order valence-electron chi connectivity index (χ1n) is 29.3. The number of rotatable bonds is 8. The van der Waals surface area contributed by atoms with Gasteiger partial charge in [-0.15, -0.1) is 0 Å². The smallest absolute Gasteiger partial charge is 0.0726 e. The molecule has 2 heteroatoms. The number of hydrogen-bond donors (Lipinski definition) is 0. The maximum atomic E-state index is 2.57. The summed E-state index contributed by atoms with van der Waals surface area (Å²) in [6, 6.07) is 105. The number of benzene rings is 12. The van der Waals surface area contributed by atoms with Gasteiger partial charge in [-0.25, -0.2) is 0 Å². The van der Waals surface area contributed by atoms with E-state index in [9.17, 15) is 0 Å². The molecule has 0 saturated carbocycles. The molecule has 0 saturated heterocycles. The Morgan fingerprint density at radius 2 is 0.783 bits per heavy atom. The normalized spacial score (nSPS) is 13.0. The molecule has 2 aliphatic rings. The summed E-state index contributed by atoms with van der Waals surface area (Å²) in [6.45, 7) is 14.1. The van der Waals surface area contributed by atoms with Crippen molar-refractivity contribution < 1.29 is 0 Å². The molecule has 13 aromatic rings. The molecule has 398 valence electrons. The monoisotopic (exact) mass is 1060 g/mol. The van der Waals surface area contributed by atoms with Crippen molar-refractivity contribution in [3.8, 4) is 72.4 Å². The Hall–Kier alpha value is -9.76. The van der Waals surface area contributed by atoms with Gasteiger partial charge in [0.05, 0.1) is 27.8 Å². The van der Waals surface area contributed by atoms with Crippen LogP contribution in [0.15, 0.2) is 279 Å². The Balaban J connectivity index is 0.993. The molecule has 2 aliphatic carbocycles. The zero-order chi connectivity index (χ0) is 56.2. The summed E-state index contributed by atoms with van der Waals surface area (Å²) < 4.78 is 2.41. The fourth-order valence-electron chi connectivity index (χ4n) is 14.1. The van der Waals surface area contributed by atoms with Crippen molar-refractivity contribution in [2.75, 3.05) is 4.90 Å². The fraction of sp³-hybridized carbons (Fsp3) is 0.111. The maximum absolute atomic E-state index is 2.57. The molecule has 0 atom stereocenters. The van der Waals surface area contributed by atoms with E-state index in [-0.39, 0.29) is 10.8 Å². The molecular weight excluding hydrogens is 1000 g/mol. The first-order chi connectivity index (χ1) is 40.5. The highest BCUT2D eigenvalue weighted by Gasteiger charge is 2.53. The Morgan fingerprint density at radius 3 is 1.45 bits per heavy atom. The molecule has 0 fully saturated rings. The molecule has 1 spiro atoms. The van der Waals surface area contributed by atoms with Crippen LogP contribution in [0.4, 0.5) is 17.1 Å². The predicted octanol–water partition coefficient (Wildman–Crippen LogP) is 21.9. The third-order valence-corrected chi connectivity index (χ3v) is 18.0. The van der Waals surface area contributed by atoms with Gasteiger partial charge in [0.15, 0.2) is 0 Å². The average molecular weight is 1070 g/mol. The summed E-state index contributed by atoms with van der Waals surface area (Å²) in [5, 5.41) is 2.49. The van der Waals surface area contributed by atoms with E-state index in [2.05, 4.69) is 330 Å². The Morgan fingerprint density at radius 1 is 0.313 bits per heavy atom. The standard InChI is InChI=1S/C81H64N2/c1-79(2,3)55-45-49-64-65-50-46-56(80(4,5)6)52-72(65)81(71(64)51-55)69-37-20-17-34-67(69)78-70(81)38-24-42-76(78)83(73-39-21-18-33-66(73)63-32-16-15-31-62(63)61-30-14-13-29-59(61)53-25-9-7-10-26-53)58-47-43-54(44-48-58)60-36-23-41-75-77(60)68-35-19-22-40-74(68)82(75)57-27-11-8-12-28-57/h7-52H,1-6H3. The minimum absolute atomic E-state index is 0.0561. The first-order valence-corrected chi connectivity index (χ1v) is 29.3. The van der Waals surface area contributed by atoms with Gasteiger partial charge in [0.25, 0.3) is 0 Å². The van der Waals surface area contributed by atoms with Gasteiger partial charge in [-0.05, 0) is 148 Å². The van der Waals surface area contributed by atoms with Gasteiger partial charge in [0.2, 0.25) is 0 Å².